The summed E-state index contributed by atoms with van der Waals surface area (Å²) in [6.45, 7) is 4.08. The maximum atomic E-state index is 5.32. The van der Waals surface area contributed by atoms with Crippen LogP contribution in [0.3, 0.4) is 0 Å². The molecule has 0 aromatic carbocycles. The zero-order valence-electron chi connectivity index (χ0n) is 15.9. The van der Waals surface area contributed by atoms with Crippen LogP contribution in [0, 0.1) is 5.92 Å². The van der Waals surface area contributed by atoms with Gasteiger partial charge in [-0.05, 0) is 37.3 Å². The molecule has 4 rings (SSSR count). The highest BCUT2D eigenvalue weighted by atomic mass is 16.3. The number of nitrogens with one attached hydrogen (secondary N) is 3. The lowest BCUT2D eigenvalue weighted by Gasteiger charge is -2.21. The first-order valence-electron chi connectivity index (χ1n) is 9.95. The summed E-state index contributed by atoms with van der Waals surface area (Å²) in [5, 5.41) is 14.0. The van der Waals surface area contributed by atoms with Crippen LogP contribution >= 0.6 is 0 Å². The van der Waals surface area contributed by atoms with Gasteiger partial charge in [-0.1, -0.05) is 12.8 Å². The van der Waals surface area contributed by atoms with E-state index in [4.69, 9.17) is 4.42 Å². The van der Waals surface area contributed by atoms with E-state index < -0.39 is 0 Å². The monoisotopic (exact) mass is 371 g/mol. The fourth-order valence-corrected chi connectivity index (χ4v) is 4.12. The molecule has 1 aliphatic heterocycles. The first-order chi connectivity index (χ1) is 13.3. The molecule has 3 N–H and O–H groups in total. The normalized spacial score (nSPS) is 21.8. The van der Waals surface area contributed by atoms with Gasteiger partial charge in [0.05, 0.1) is 12.8 Å². The summed E-state index contributed by atoms with van der Waals surface area (Å²) in [4.78, 5) is 11.4. The topological polar surface area (TPSA) is 94.4 Å². The Morgan fingerprint density at radius 2 is 2.26 bits per heavy atom. The molecule has 8 heteroatoms. The van der Waals surface area contributed by atoms with Crippen molar-refractivity contribution in [3.8, 4) is 11.6 Å². The van der Waals surface area contributed by atoms with Crippen LogP contribution in [-0.4, -0.2) is 58.8 Å². The van der Waals surface area contributed by atoms with Crippen LogP contribution in [0.1, 0.15) is 37.9 Å². The predicted molar refractivity (Wildman–Crippen MR) is 104 cm³/mol. The third-order valence-electron chi connectivity index (χ3n) is 5.52. The van der Waals surface area contributed by atoms with Gasteiger partial charge in [-0.3, -0.25) is 10.1 Å². The number of nitrogens with zero attached hydrogens (tertiary/aromatic N) is 4. The van der Waals surface area contributed by atoms with Crippen molar-refractivity contribution in [3.05, 3.63) is 24.2 Å². The van der Waals surface area contributed by atoms with Crippen molar-refractivity contribution in [1.82, 2.24) is 30.7 Å². The standard InChI is InChI=1S/C19H29N7O/c1-20-19(21-11-17-23-18(25-24-17)16-7-4-10-27-16)22-15-8-9-26(13-15)12-14-5-2-3-6-14/h4,7,10,14-15H,2-3,5-6,8-9,11-13H2,1H3,(H2,20,21,22)(H,23,24,25). The predicted octanol–water partition coefficient (Wildman–Crippen LogP) is 1.99. The second-order valence-electron chi connectivity index (χ2n) is 7.55. The molecular weight excluding hydrogens is 342 g/mol. The summed E-state index contributed by atoms with van der Waals surface area (Å²) in [5.74, 6) is 3.69. The molecule has 2 fully saturated rings. The van der Waals surface area contributed by atoms with Crippen molar-refractivity contribution in [2.75, 3.05) is 26.7 Å². The van der Waals surface area contributed by atoms with E-state index in [1.54, 1.807) is 13.3 Å². The van der Waals surface area contributed by atoms with Crippen molar-refractivity contribution >= 4 is 5.96 Å². The van der Waals surface area contributed by atoms with E-state index >= 15 is 0 Å². The summed E-state index contributed by atoms with van der Waals surface area (Å²) in [7, 11) is 1.80. The van der Waals surface area contributed by atoms with E-state index in [-0.39, 0.29) is 0 Å². The molecule has 2 aromatic rings. The summed E-state index contributed by atoms with van der Waals surface area (Å²) >= 11 is 0. The number of hydrogen-bond acceptors (Lipinski definition) is 5. The third kappa shape index (κ3) is 4.68. The van der Waals surface area contributed by atoms with E-state index in [9.17, 15) is 0 Å². The van der Waals surface area contributed by atoms with E-state index in [1.807, 2.05) is 12.1 Å². The molecule has 146 valence electrons. The minimum absolute atomic E-state index is 0.450. The van der Waals surface area contributed by atoms with Gasteiger partial charge in [0.1, 0.15) is 5.82 Å². The molecule has 2 aromatic heterocycles. The largest absolute Gasteiger partial charge is 0.461 e. The highest BCUT2D eigenvalue weighted by molar-refractivity contribution is 5.79. The van der Waals surface area contributed by atoms with Gasteiger partial charge in [-0.25, -0.2) is 4.98 Å². The number of hydrogen-bond donors (Lipinski definition) is 3. The van der Waals surface area contributed by atoms with Gasteiger partial charge in [-0.2, -0.15) is 0 Å². The Balaban J connectivity index is 1.23. The number of furan rings is 1. The molecule has 0 bridgehead atoms. The van der Waals surface area contributed by atoms with Crippen molar-refractivity contribution in [2.24, 2.45) is 10.9 Å². The molecule has 1 saturated carbocycles. The quantitative estimate of drug-likeness (QED) is 0.531. The number of H-pyrrole nitrogens is 1. The van der Waals surface area contributed by atoms with E-state index in [2.05, 4.69) is 35.7 Å². The van der Waals surface area contributed by atoms with Gasteiger partial charge >= 0.3 is 0 Å². The van der Waals surface area contributed by atoms with Crippen molar-refractivity contribution < 1.29 is 4.42 Å². The molecule has 1 atom stereocenters. The summed E-state index contributed by atoms with van der Waals surface area (Å²) < 4.78 is 5.32. The van der Waals surface area contributed by atoms with Gasteiger partial charge in [0.25, 0.3) is 0 Å². The fraction of sp³-hybridized carbons (Fsp3) is 0.632. The minimum Gasteiger partial charge on any atom is -0.461 e. The van der Waals surface area contributed by atoms with Gasteiger partial charge < -0.3 is 20.0 Å². The Bertz CT molecular complexity index is 733. The molecule has 1 aliphatic carbocycles. The molecule has 3 heterocycles. The molecule has 0 radical (unpaired) electrons. The van der Waals surface area contributed by atoms with Crippen LogP contribution in [0.25, 0.3) is 11.6 Å². The summed E-state index contributed by atoms with van der Waals surface area (Å²) in [5.41, 5.74) is 0. The molecule has 0 spiro atoms. The van der Waals surface area contributed by atoms with Crippen molar-refractivity contribution in [3.63, 3.8) is 0 Å². The van der Waals surface area contributed by atoms with E-state index in [0.717, 1.165) is 24.2 Å². The first kappa shape index (κ1) is 18.0. The Morgan fingerprint density at radius 3 is 3.04 bits per heavy atom. The second-order valence-corrected chi connectivity index (χ2v) is 7.55. The summed E-state index contributed by atoms with van der Waals surface area (Å²) in [6.07, 6.45) is 8.44. The number of aromatic nitrogens is 3. The molecular formula is C19H29N7O. The molecule has 0 amide bonds. The second kappa shape index (κ2) is 8.56. The average molecular weight is 371 g/mol. The number of guanidine groups is 1. The van der Waals surface area contributed by atoms with Gasteiger partial charge in [0, 0.05) is 32.7 Å². The summed E-state index contributed by atoms with van der Waals surface area (Å²) in [6, 6.07) is 4.12. The number of aromatic amines is 1. The Hall–Kier alpha value is -2.35. The van der Waals surface area contributed by atoms with Crippen molar-refractivity contribution in [1.29, 1.82) is 0 Å². The molecule has 1 saturated heterocycles. The van der Waals surface area contributed by atoms with Crippen LogP contribution in [0.15, 0.2) is 27.8 Å². The lowest BCUT2D eigenvalue weighted by molar-refractivity contribution is 0.275. The zero-order valence-corrected chi connectivity index (χ0v) is 15.9. The number of rotatable bonds is 6. The van der Waals surface area contributed by atoms with Gasteiger partial charge in [0.15, 0.2) is 11.7 Å². The van der Waals surface area contributed by atoms with Gasteiger partial charge in [0.2, 0.25) is 5.82 Å². The van der Waals surface area contributed by atoms with E-state index in [1.165, 1.54) is 45.2 Å². The number of likely N-dealkylation sites (tertiary alicyclic amines) is 1. The minimum atomic E-state index is 0.450. The Morgan fingerprint density at radius 1 is 1.37 bits per heavy atom. The van der Waals surface area contributed by atoms with Crippen molar-refractivity contribution in [2.45, 2.75) is 44.7 Å². The fourth-order valence-electron chi connectivity index (χ4n) is 4.12. The average Bonchev–Trinajstić information content (AvgIpc) is 3.47. The van der Waals surface area contributed by atoms with Crippen LogP contribution in [-0.2, 0) is 6.54 Å². The smallest absolute Gasteiger partial charge is 0.216 e. The lowest BCUT2D eigenvalue weighted by atomic mass is 10.1. The van der Waals surface area contributed by atoms with Crippen LogP contribution in [0.4, 0.5) is 0 Å². The Labute approximate surface area is 159 Å². The first-order valence-corrected chi connectivity index (χ1v) is 9.95. The highest BCUT2D eigenvalue weighted by Crippen LogP contribution is 2.26. The highest BCUT2D eigenvalue weighted by Gasteiger charge is 2.26. The molecule has 1 unspecified atom stereocenters. The maximum Gasteiger partial charge on any atom is 0.216 e. The van der Waals surface area contributed by atoms with Crippen LogP contribution in [0.5, 0.6) is 0 Å². The van der Waals surface area contributed by atoms with E-state index in [0.29, 0.717) is 24.2 Å². The molecule has 27 heavy (non-hydrogen) atoms. The SMILES string of the molecule is CN=C(NCc1nc(-c2ccco2)n[nH]1)NC1CCN(CC2CCCC2)C1. The van der Waals surface area contributed by atoms with Crippen LogP contribution in [0.2, 0.25) is 0 Å². The Kier molecular flexibility index (Phi) is 5.72. The molecule has 8 nitrogen and oxygen atoms in total. The maximum absolute atomic E-state index is 5.32. The zero-order chi connectivity index (χ0) is 18.5. The third-order valence-corrected chi connectivity index (χ3v) is 5.52. The van der Waals surface area contributed by atoms with Crippen LogP contribution < -0.4 is 10.6 Å². The molecule has 2 aliphatic rings. The van der Waals surface area contributed by atoms with Gasteiger partial charge in [-0.15, -0.1) is 5.10 Å². The lowest BCUT2D eigenvalue weighted by Crippen LogP contribution is -2.44. The number of aliphatic imine (C=N–C) groups is 1.